The van der Waals surface area contributed by atoms with E-state index in [4.69, 9.17) is 5.73 Å². The number of aromatic nitrogens is 5. The molecule has 0 unspecified atom stereocenters. The fourth-order valence-corrected chi connectivity index (χ4v) is 1.69. The van der Waals surface area contributed by atoms with E-state index in [1.54, 1.807) is 0 Å². The van der Waals surface area contributed by atoms with Crippen LogP contribution in [0.4, 0.5) is 5.95 Å². The van der Waals surface area contributed by atoms with E-state index in [-0.39, 0.29) is 5.95 Å². The molecule has 2 aromatic rings. The first-order chi connectivity index (χ1) is 7.58. The molecule has 0 bridgehead atoms. The van der Waals surface area contributed by atoms with Crippen LogP contribution in [-0.2, 0) is 0 Å². The summed E-state index contributed by atoms with van der Waals surface area (Å²) in [6.45, 7) is 4.13. The van der Waals surface area contributed by atoms with Gasteiger partial charge < -0.3 is 5.73 Å². The molecule has 2 rings (SSSR count). The molecule has 2 N–H and O–H groups in total. The Balaban J connectivity index is 2.48. The molecule has 7 heteroatoms. The van der Waals surface area contributed by atoms with Gasteiger partial charge in [-0.3, -0.25) is 0 Å². The van der Waals surface area contributed by atoms with E-state index in [9.17, 15) is 0 Å². The van der Waals surface area contributed by atoms with Gasteiger partial charge in [-0.25, -0.2) is 9.97 Å². The van der Waals surface area contributed by atoms with E-state index in [0.29, 0.717) is 16.5 Å². The Labute approximate surface area is 101 Å². The van der Waals surface area contributed by atoms with Crippen molar-refractivity contribution >= 4 is 21.9 Å². The smallest absolute Gasteiger partial charge is 0.240 e. The van der Waals surface area contributed by atoms with E-state index >= 15 is 0 Å². The molecule has 2 heterocycles. The van der Waals surface area contributed by atoms with Gasteiger partial charge in [0.2, 0.25) is 10.7 Å². The zero-order valence-corrected chi connectivity index (χ0v) is 10.5. The third kappa shape index (κ3) is 2.04. The summed E-state index contributed by atoms with van der Waals surface area (Å²) in [6, 6.07) is 1.86. The summed E-state index contributed by atoms with van der Waals surface area (Å²) in [7, 11) is 0. The van der Waals surface area contributed by atoms with Crippen LogP contribution in [0.1, 0.15) is 25.5 Å². The number of nitrogens with two attached hydrogens (primary N) is 1. The molecule has 0 atom stereocenters. The number of nitrogens with zero attached hydrogens (tertiary/aromatic N) is 5. The summed E-state index contributed by atoms with van der Waals surface area (Å²) < 4.78 is 2.06. The Kier molecular flexibility index (Phi) is 2.86. The molecule has 0 saturated heterocycles. The summed E-state index contributed by atoms with van der Waals surface area (Å²) in [6.07, 6.45) is 1.51. The number of rotatable bonds is 2. The van der Waals surface area contributed by atoms with Crippen LogP contribution in [-0.4, -0.2) is 24.7 Å². The number of nitrogen functional groups attached to an aromatic ring is 1. The van der Waals surface area contributed by atoms with Crippen LogP contribution < -0.4 is 5.73 Å². The van der Waals surface area contributed by atoms with Crippen molar-refractivity contribution < 1.29 is 0 Å². The lowest BCUT2D eigenvalue weighted by molar-refractivity contribution is 0.777. The SMILES string of the molecule is CC(C)c1cc(-n2nc(N)nc2Br)ncn1. The van der Waals surface area contributed by atoms with Gasteiger partial charge in [-0.05, 0) is 21.8 Å². The van der Waals surface area contributed by atoms with Crippen molar-refractivity contribution in [2.75, 3.05) is 5.73 Å². The monoisotopic (exact) mass is 282 g/mol. The first-order valence-electron chi connectivity index (χ1n) is 4.78. The van der Waals surface area contributed by atoms with E-state index in [1.165, 1.54) is 11.0 Å². The van der Waals surface area contributed by atoms with Gasteiger partial charge in [0.25, 0.3) is 0 Å². The minimum atomic E-state index is 0.205. The topological polar surface area (TPSA) is 82.5 Å². The molecule has 6 nitrogen and oxygen atoms in total. The molecule has 0 radical (unpaired) electrons. The lowest BCUT2D eigenvalue weighted by Gasteiger charge is -2.05. The van der Waals surface area contributed by atoms with E-state index in [1.807, 2.05) is 6.07 Å². The van der Waals surface area contributed by atoms with Crippen molar-refractivity contribution in [3.8, 4) is 5.82 Å². The Hall–Kier alpha value is -1.50. The molecule has 0 amide bonds. The highest BCUT2D eigenvalue weighted by atomic mass is 79.9. The van der Waals surface area contributed by atoms with Crippen molar-refractivity contribution in [3.63, 3.8) is 0 Å². The van der Waals surface area contributed by atoms with Crippen molar-refractivity contribution in [3.05, 3.63) is 22.8 Å². The fraction of sp³-hybridized carbons (Fsp3) is 0.333. The molecule has 0 aliphatic rings. The Bertz CT molecular complexity index is 506. The van der Waals surface area contributed by atoms with Gasteiger partial charge >= 0.3 is 0 Å². The quantitative estimate of drug-likeness (QED) is 0.903. The van der Waals surface area contributed by atoms with Gasteiger partial charge in [-0.2, -0.15) is 9.67 Å². The summed E-state index contributed by atoms with van der Waals surface area (Å²) in [4.78, 5) is 12.3. The molecular formula is C9H11BrN6. The van der Waals surface area contributed by atoms with Crippen molar-refractivity contribution in [1.29, 1.82) is 0 Å². The number of halogens is 1. The van der Waals surface area contributed by atoms with Gasteiger partial charge in [-0.15, -0.1) is 5.10 Å². The lowest BCUT2D eigenvalue weighted by Crippen LogP contribution is -2.03. The lowest BCUT2D eigenvalue weighted by atomic mass is 10.1. The summed E-state index contributed by atoms with van der Waals surface area (Å²) >= 11 is 3.26. The van der Waals surface area contributed by atoms with Crippen LogP contribution in [0.5, 0.6) is 0 Å². The maximum absolute atomic E-state index is 5.50. The number of anilines is 1. The molecule has 2 aromatic heterocycles. The van der Waals surface area contributed by atoms with Crippen molar-refractivity contribution in [2.45, 2.75) is 19.8 Å². The predicted octanol–water partition coefficient (Wildman–Crippen LogP) is 1.53. The average Bonchev–Trinajstić information content (AvgIpc) is 2.58. The summed E-state index contributed by atoms with van der Waals surface area (Å²) in [5.74, 6) is 1.19. The summed E-state index contributed by atoms with van der Waals surface area (Å²) in [5.41, 5.74) is 6.45. The van der Waals surface area contributed by atoms with E-state index < -0.39 is 0 Å². The van der Waals surface area contributed by atoms with Crippen molar-refractivity contribution in [1.82, 2.24) is 24.7 Å². The second kappa shape index (κ2) is 4.17. The molecular weight excluding hydrogens is 272 g/mol. The molecule has 0 aromatic carbocycles. The van der Waals surface area contributed by atoms with E-state index in [0.717, 1.165) is 5.69 Å². The molecule has 0 aliphatic heterocycles. The van der Waals surface area contributed by atoms with Gasteiger partial charge in [-0.1, -0.05) is 13.8 Å². The molecule has 0 fully saturated rings. The Morgan fingerprint density at radius 1 is 1.38 bits per heavy atom. The maximum Gasteiger partial charge on any atom is 0.240 e. The zero-order valence-electron chi connectivity index (χ0n) is 8.92. The van der Waals surface area contributed by atoms with Crippen LogP contribution in [0.15, 0.2) is 17.1 Å². The minimum Gasteiger partial charge on any atom is -0.366 e. The Morgan fingerprint density at radius 3 is 2.69 bits per heavy atom. The van der Waals surface area contributed by atoms with Crippen LogP contribution >= 0.6 is 15.9 Å². The van der Waals surface area contributed by atoms with Crippen molar-refractivity contribution in [2.24, 2.45) is 0 Å². The molecule has 0 spiro atoms. The molecule has 0 saturated carbocycles. The van der Waals surface area contributed by atoms with Gasteiger partial charge in [0, 0.05) is 11.8 Å². The fourth-order valence-electron chi connectivity index (χ4n) is 1.25. The van der Waals surface area contributed by atoms with E-state index in [2.05, 4.69) is 49.8 Å². The second-order valence-corrected chi connectivity index (χ2v) is 4.32. The second-order valence-electron chi connectivity index (χ2n) is 3.61. The van der Waals surface area contributed by atoms with Crippen LogP contribution in [0.2, 0.25) is 0 Å². The first-order valence-corrected chi connectivity index (χ1v) is 5.57. The van der Waals surface area contributed by atoms with Crippen LogP contribution in [0.25, 0.3) is 5.82 Å². The number of hydrogen-bond acceptors (Lipinski definition) is 5. The highest BCUT2D eigenvalue weighted by Crippen LogP contribution is 2.17. The molecule has 0 aliphatic carbocycles. The standard InChI is InChI=1S/C9H11BrN6/c1-5(2)6-3-7(13-4-12-6)16-8(10)14-9(11)15-16/h3-5H,1-2H3,(H2,11,15). The average molecular weight is 283 g/mol. The van der Waals surface area contributed by atoms with Gasteiger partial charge in [0.05, 0.1) is 0 Å². The highest BCUT2D eigenvalue weighted by molar-refractivity contribution is 9.10. The third-order valence-electron chi connectivity index (χ3n) is 2.07. The Morgan fingerprint density at radius 2 is 2.12 bits per heavy atom. The predicted molar refractivity (Wildman–Crippen MR) is 63.2 cm³/mol. The third-order valence-corrected chi connectivity index (χ3v) is 2.58. The zero-order chi connectivity index (χ0) is 11.7. The van der Waals surface area contributed by atoms with Gasteiger partial charge in [0.1, 0.15) is 6.33 Å². The van der Waals surface area contributed by atoms with Gasteiger partial charge in [0.15, 0.2) is 5.82 Å². The normalized spacial score (nSPS) is 11.0. The number of hydrogen-bond donors (Lipinski definition) is 1. The minimum absolute atomic E-state index is 0.205. The molecule has 84 valence electrons. The highest BCUT2D eigenvalue weighted by Gasteiger charge is 2.10. The maximum atomic E-state index is 5.50. The van der Waals surface area contributed by atoms with Crippen LogP contribution in [0.3, 0.4) is 0 Å². The largest absolute Gasteiger partial charge is 0.366 e. The van der Waals surface area contributed by atoms with Crippen LogP contribution in [0, 0.1) is 0 Å². The first kappa shape index (κ1) is 11.0. The molecule has 16 heavy (non-hydrogen) atoms. The summed E-state index contributed by atoms with van der Waals surface area (Å²) in [5, 5.41) is 4.03.